The molecular formula is C22H26FN3O5S. The van der Waals surface area contributed by atoms with Crippen LogP contribution in [0.1, 0.15) is 61.2 Å². The van der Waals surface area contributed by atoms with Crippen molar-refractivity contribution in [3.05, 3.63) is 46.7 Å². The van der Waals surface area contributed by atoms with Crippen molar-refractivity contribution in [2.75, 3.05) is 6.26 Å². The number of ether oxygens (including phenoxy) is 1. The number of carbonyl (C=O) groups is 1. The van der Waals surface area contributed by atoms with Gasteiger partial charge in [0.25, 0.3) is 0 Å². The van der Waals surface area contributed by atoms with E-state index in [4.69, 9.17) is 4.74 Å². The standard InChI is InChI=1S/C22H26FN3O5S/c1-11(2)21-17-9-16(18-7-13(27)8-20(28)31-18)15-6-12(23)4-5-14(15)22(17)26-19(25-21)10-24-32(3,29)30/h4-6,11,13,16,18,24,27H,7-10H2,1-3H3/t13-,16-,18+/m1/s1. The molecule has 1 aromatic heterocycles. The molecule has 3 atom stereocenters. The maximum Gasteiger partial charge on any atom is 0.308 e. The van der Waals surface area contributed by atoms with E-state index in [0.717, 1.165) is 17.5 Å². The molecule has 0 bridgehead atoms. The first-order valence-corrected chi connectivity index (χ1v) is 12.4. The van der Waals surface area contributed by atoms with Gasteiger partial charge in [-0.1, -0.05) is 13.8 Å². The van der Waals surface area contributed by atoms with Crippen LogP contribution in [0, 0.1) is 5.82 Å². The molecule has 0 unspecified atom stereocenters. The van der Waals surface area contributed by atoms with Gasteiger partial charge in [0.2, 0.25) is 10.0 Å². The summed E-state index contributed by atoms with van der Waals surface area (Å²) in [5, 5.41) is 10.1. The molecule has 0 spiro atoms. The number of hydrogen-bond acceptors (Lipinski definition) is 7. The highest BCUT2D eigenvalue weighted by molar-refractivity contribution is 7.88. The first kappa shape index (κ1) is 22.8. The van der Waals surface area contributed by atoms with Gasteiger partial charge in [0.15, 0.2) is 0 Å². The van der Waals surface area contributed by atoms with E-state index < -0.39 is 34.0 Å². The summed E-state index contributed by atoms with van der Waals surface area (Å²) in [6, 6.07) is 4.41. The molecule has 1 fully saturated rings. The molecule has 8 nitrogen and oxygen atoms in total. The summed E-state index contributed by atoms with van der Waals surface area (Å²) in [4.78, 5) is 21.2. The predicted molar refractivity (Wildman–Crippen MR) is 115 cm³/mol. The van der Waals surface area contributed by atoms with E-state index in [1.165, 1.54) is 12.1 Å². The van der Waals surface area contributed by atoms with E-state index in [1.807, 2.05) is 13.8 Å². The molecule has 0 amide bonds. The Labute approximate surface area is 186 Å². The lowest BCUT2D eigenvalue weighted by Crippen LogP contribution is -2.38. The molecule has 2 aliphatic rings. The molecule has 2 aromatic rings. The second kappa shape index (κ2) is 8.49. The molecule has 10 heteroatoms. The summed E-state index contributed by atoms with van der Waals surface area (Å²) in [7, 11) is -3.43. The molecule has 0 radical (unpaired) electrons. The van der Waals surface area contributed by atoms with Crippen molar-refractivity contribution in [3.8, 4) is 11.3 Å². The van der Waals surface area contributed by atoms with E-state index in [2.05, 4.69) is 14.7 Å². The summed E-state index contributed by atoms with van der Waals surface area (Å²) in [6.45, 7) is 3.91. The highest BCUT2D eigenvalue weighted by atomic mass is 32.2. The molecule has 1 aromatic carbocycles. The first-order chi connectivity index (χ1) is 15.0. The average Bonchev–Trinajstić information content (AvgIpc) is 2.69. The Morgan fingerprint density at radius 1 is 1.28 bits per heavy atom. The zero-order chi connectivity index (χ0) is 23.2. The van der Waals surface area contributed by atoms with Crippen LogP contribution in [0.15, 0.2) is 18.2 Å². The molecule has 0 saturated carbocycles. The third-order valence-electron chi connectivity index (χ3n) is 5.86. The Kier molecular flexibility index (Phi) is 6.04. The summed E-state index contributed by atoms with van der Waals surface area (Å²) in [5.41, 5.74) is 3.60. The number of esters is 1. The fourth-order valence-corrected chi connectivity index (χ4v) is 4.89. The SMILES string of the molecule is CC(C)c1nc(CNS(C)(=O)=O)nc2c1C[C@@H]([C@@H]1C[C@@H](O)CC(=O)O1)c1cc(F)ccc1-2. The number of hydrogen-bond donors (Lipinski definition) is 2. The van der Waals surface area contributed by atoms with Gasteiger partial charge in [-0.2, -0.15) is 0 Å². The van der Waals surface area contributed by atoms with Gasteiger partial charge in [-0.15, -0.1) is 0 Å². The fraction of sp³-hybridized carbons (Fsp3) is 0.500. The maximum absolute atomic E-state index is 14.2. The van der Waals surface area contributed by atoms with Gasteiger partial charge < -0.3 is 9.84 Å². The Hall–Kier alpha value is -2.43. The number of nitrogens with zero attached hydrogens (tertiary/aromatic N) is 2. The zero-order valence-corrected chi connectivity index (χ0v) is 18.9. The predicted octanol–water partition coefficient (Wildman–Crippen LogP) is 2.16. The Balaban J connectivity index is 1.83. The quantitative estimate of drug-likeness (QED) is 0.652. The Bertz CT molecular complexity index is 1170. The largest absolute Gasteiger partial charge is 0.462 e. The summed E-state index contributed by atoms with van der Waals surface area (Å²) in [5.74, 6) is -0.901. The van der Waals surface area contributed by atoms with Crippen molar-refractivity contribution in [1.82, 2.24) is 14.7 Å². The third-order valence-corrected chi connectivity index (χ3v) is 6.52. The van der Waals surface area contributed by atoms with E-state index in [-0.39, 0.29) is 31.2 Å². The first-order valence-electron chi connectivity index (χ1n) is 10.5. The van der Waals surface area contributed by atoms with Crippen molar-refractivity contribution in [1.29, 1.82) is 0 Å². The fourth-order valence-electron chi connectivity index (χ4n) is 4.50. The van der Waals surface area contributed by atoms with Crippen LogP contribution >= 0.6 is 0 Å². The summed E-state index contributed by atoms with van der Waals surface area (Å²) >= 11 is 0. The van der Waals surface area contributed by atoms with Gasteiger partial charge in [-0.3, -0.25) is 4.79 Å². The Morgan fingerprint density at radius 2 is 2.03 bits per heavy atom. The van der Waals surface area contributed by atoms with Crippen molar-refractivity contribution >= 4 is 16.0 Å². The van der Waals surface area contributed by atoms with Gasteiger partial charge in [-0.25, -0.2) is 27.5 Å². The molecule has 32 heavy (non-hydrogen) atoms. The Morgan fingerprint density at radius 3 is 2.69 bits per heavy atom. The van der Waals surface area contributed by atoms with Crippen molar-refractivity contribution < 1.29 is 27.4 Å². The smallest absolute Gasteiger partial charge is 0.308 e. The van der Waals surface area contributed by atoms with Crippen molar-refractivity contribution in [2.24, 2.45) is 0 Å². The van der Waals surface area contributed by atoms with Crippen LogP contribution in [0.4, 0.5) is 4.39 Å². The van der Waals surface area contributed by atoms with E-state index in [1.54, 1.807) is 6.07 Å². The molecule has 1 aliphatic heterocycles. The average molecular weight is 464 g/mol. The minimum Gasteiger partial charge on any atom is -0.462 e. The van der Waals surface area contributed by atoms with Crippen LogP contribution in [-0.4, -0.2) is 47.9 Å². The third kappa shape index (κ3) is 4.67. The van der Waals surface area contributed by atoms with E-state index in [9.17, 15) is 22.7 Å². The van der Waals surface area contributed by atoms with Crippen molar-refractivity contribution in [3.63, 3.8) is 0 Å². The lowest BCUT2D eigenvalue weighted by Gasteiger charge is -2.37. The molecule has 172 valence electrons. The van der Waals surface area contributed by atoms with Crippen LogP contribution in [0.5, 0.6) is 0 Å². The second-order valence-corrected chi connectivity index (χ2v) is 10.6. The number of aliphatic hydroxyl groups is 1. The van der Waals surface area contributed by atoms with Crippen LogP contribution in [0.25, 0.3) is 11.3 Å². The molecular weight excluding hydrogens is 437 g/mol. The van der Waals surface area contributed by atoms with E-state index in [0.29, 0.717) is 29.1 Å². The summed E-state index contributed by atoms with van der Waals surface area (Å²) in [6.07, 6.45) is 0.320. The number of nitrogens with one attached hydrogen (secondary N) is 1. The molecule has 4 rings (SSSR count). The zero-order valence-electron chi connectivity index (χ0n) is 18.1. The number of carbonyl (C=O) groups excluding carboxylic acids is 1. The van der Waals surface area contributed by atoms with Crippen LogP contribution < -0.4 is 4.72 Å². The van der Waals surface area contributed by atoms with E-state index >= 15 is 0 Å². The second-order valence-electron chi connectivity index (χ2n) is 8.76. The minimum absolute atomic E-state index is 0.0193. The maximum atomic E-state index is 14.2. The minimum atomic E-state index is -3.43. The van der Waals surface area contributed by atoms with Gasteiger partial charge in [-0.05, 0) is 36.1 Å². The number of benzene rings is 1. The molecule has 2 heterocycles. The highest BCUT2D eigenvalue weighted by Crippen LogP contribution is 2.44. The van der Waals surface area contributed by atoms with Crippen molar-refractivity contribution in [2.45, 2.75) is 63.7 Å². The number of sulfonamides is 1. The lowest BCUT2D eigenvalue weighted by molar-refractivity contribution is -0.161. The molecule has 1 aliphatic carbocycles. The molecule has 2 N–H and O–H groups in total. The number of halogens is 1. The van der Waals surface area contributed by atoms with Gasteiger partial charge in [0.1, 0.15) is 17.7 Å². The normalized spacial score (nSPS) is 22.9. The number of fused-ring (bicyclic) bond motifs is 3. The molecule has 1 saturated heterocycles. The van der Waals surface area contributed by atoms with Gasteiger partial charge in [0, 0.05) is 23.5 Å². The topological polar surface area (TPSA) is 118 Å². The van der Waals surface area contributed by atoms with Crippen LogP contribution in [-0.2, 0) is 32.5 Å². The monoisotopic (exact) mass is 463 g/mol. The van der Waals surface area contributed by atoms with Gasteiger partial charge >= 0.3 is 5.97 Å². The van der Waals surface area contributed by atoms with Crippen LogP contribution in [0.3, 0.4) is 0 Å². The summed E-state index contributed by atoms with van der Waals surface area (Å²) < 4.78 is 45.3. The highest BCUT2D eigenvalue weighted by Gasteiger charge is 2.39. The number of aliphatic hydroxyl groups excluding tert-OH is 1. The lowest BCUT2D eigenvalue weighted by atomic mass is 9.75. The number of aromatic nitrogens is 2. The van der Waals surface area contributed by atoms with Gasteiger partial charge in [0.05, 0.1) is 36.7 Å². The van der Waals surface area contributed by atoms with Crippen LogP contribution in [0.2, 0.25) is 0 Å². The number of rotatable bonds is 5. The number of cyclic esters (lactones) is 1.